The molecule has 9 nitrogen and oxygen atoms in total. The first-order chi connectivity index (χ1) is 22.1. The smallest absolute Gasteiger partial charge is 0.287 e. The summed E-state index contributed by atoms with van der Waals surface area (Å²) >= 11 is 5.61. The molecule has 46 heavy (non-hydrogen) atoms. The van der Waals surface area contributed by atoms with E-state index in [0.717, 1.165) is 41.4 Å². The number of nitrogens with zero attached hydrogens (tertiary/aromatic N) is 3. The fourth-order valence-electron chi connectivity index (χ4n) is 5.41. The van der Waals surface area contributed by atoms with Gasteiger partial charge in [-0.2, -0.15) is 0 Å². The number of carbonyl (C=O) groups excluding carboxylic acids is 3. The number of hydrogen-bond acceptors (Lipinski definition) is 6. The summed E-state index contributed by atoms with van der Waals surface area (Å²) in [6.07, 6.45) is 1.46. The topological polar surface area (TPSA) is 103 Å². The van der Waals surface area contributed by atoms with Crippen LogP contribution in [-0.2, 0) is 16.1 Å². The number of halogens is 3. The van der Waals surface area contributed by atoms with E-state index < -0.39 is 34.3 Å². The highest BCUT2D eigenvalue weighted by Crippen LogP contribution is 2.25. The SMILES string of the molecule is Cc1ccc(Cl)cc1.O=C(NCC(=O)N1CCN(c2ccccc2CN2CCCC2=O)CC1)c1cc(=O)c2cc(F)cc(F)c2o1. The fourth-order valence-corrected chi connectivity index (χ4v) is 5.54. The number of para-hydroxylation sites is 1. The van der Waals surface area contributed by atoms with Crippen molar-refractivity contribution in [2.75, 3.05) is 44.2 Å². The molecule has 0 radical (unpaired) electrons. The molecule has 12 heteroatoms. The van der Waals surface area contributed by atoms with Gasteiger partial charge < -0.3 is 24.4 Å². The van der Waals surface area contributed by atoms with Crippen LogP contribution in [0.3, 0.4) is 0 Å². The minimum atomic E-state index is -1.10. The van der Waals surface area contributed by atoms with E-state index in [0.29, 0.717) is 45.2 Å². The van der Waals surface area contributed by atoms with Gasteiger partial charge >= 0.3 is 0 Å². The van der Waals surface area contributed by atoms with E-state index >= 15 is 0 Å². The van der Waals surface area contributed by atoms with Crippen LogP contribution in [0.1, 0.15) is 34.5 Å². The zero-order valence-corrected chi connectivity index (χ0v) is 26.0. The van der Waals surface area contributed by atoms with Crippen molar-refractivity contribution in [3.63, 3.8) is 0 Å². The maximum Gasteiger partial charge on any atom is 0.287 e. The lowest BCUT2D eigenvalue weighted by molar-refractivity contribution is -0.130. The van der Waals surface area contributed by atoms with Crippen LogP contribution in [0, 0.1) is 18.6 Å². The lowest BCUT2D eigenvalue weighted by Crippen LogP contribution is -2.51. The van der Waals surface area contributed by atoms with Crippen LogP contribution in [-0.4, -0.2) is 66.8 Å². The van der Waals surface area contributed by atoms with E-state index in [1.54, 1.807) is 4.90 Å². The zero-order chi connectivity index (χ0) is 32.8. The van der Waals surface area contributed by atoms with Crippen LogP contribution in [0.15, 0.2) is 75.9 Å². The molecule has 4 aromatic rings. The fraction of sp³-hybridized carbons (Fsp3) is 0.294. The van der Waals surface area contributed by atoms with E-state index in [4.69, 9.17) is 16.0 Å². The molecule has 0 saturated carbocycles. The van der Waals surface area contributed by atoms with Gasteiger partial charge in [0.15, 0.2) is 22.6 Å². The number of amides is 3. The number of rotatable bonds is 6. The Hall–Kier alpha value is -4.77. The summed E-state index contributed by atoms with van der Waals surface area (Å²) in [5.74, 6) is -3.52. The Morgan fingerprint density at radius 1 is 0.935 bits per heavy atom. The molecule has 3 amide bonds. The summed E-state index contributed by atoms with van der Waals surface area (Å²) in [4.78, 5) is 55.2. The van der Waals surface area contributed by atoms with Crippen molar-refractivity contribution < 1.29 is 27.6 Å². The molecule has 2 saturated heterocycles. The van der Waals surface area contributed by atoms with Crippen molar-refractivity contribution >= 4 is 46.0 Å². The van der Waals surface area contributed by atoms with E-state index in [-0.39, 0.29) is 23.7 Å². The van der Waals surface area contributed by atoms with Crippen molar-refractivity contribution in [1.29, 1.82) is 0 Å². The number of nitrogens with one attached hydrogen (secondary N) is 1. The predicted molar refractivity (Wildman–Crippen MR) is 171 cm³/mol. The minimum Gasteiger partial charge on any atom is -0.448 e. The average molecular weight is 651 g/mol. The molecule has 0 spiro atoms. The third-order valence-corrected chi connectivity index (χ3v) is 8.13. The molecule has 240 valence electrons. The number of anilines is 1. The highest BCUT2D eigenvalue weighted by atomic mass is 35.5. The first kappa shape index (κ1) is 32.6. The van der Waals surface area contributed by atoms with E-state index in [2.05, 4.69) is 10.2 Å². The Labute approximate surface area is 269 Å². The molecule has 6 rings (SSSR count). The molecule has 3 heterocycles. The largest absolute Gasteiger partial charge is 0.448 e. The molecule has 2 aliphatic heterocycles. The van der Waals surface area contributed by atoms with Gasteiger partial charge in [0.2, 0.25) is 11.8 Å². The van der Waals surface area contributed by atoms with Crippen LogP contribution in [0.5, 0.6) is 0 Å². The summed E-state index contributed by atoms with van der Waals surface area (Å²) in [7, 11) is 0. The third-order valence-electron chi connectivity index (χ3n) is 7.88. The van der Waals surface area contributed by atoms with Gasteiger partial charge in [-0.05, 0) is 43.2 Å². The number of likely N-dealkylation sites (tertiary alicyclic amines) is 1. The first-order valence-electron chi connectivity index (χ1n) is 14.9. The Bertz CT molecular complexity index is 1790. The van der Waals surface area contributed by atoms with Crippen LogP contribution >= 0.6 is 11.6 Å². The Morgan fingerprint density at radius 3 is 2.33 bits per heavy atom. The Morgan fingerprint density at radius 2 is 1.65 bits per heavy atom. The summed E-state index contributed by atoms with van der Waals surface area (Å²) in [6, 6.07) is 17.9. The summed E-state index contributed by atoms with van der Waals surface area (Å²) in [5.41, 5.74) is 2.04. The van der Waals surface area contributed by atoms with E-state index in [9.17, 15) is 28.0 Å². The second kappa shape index (κ2) is 14.6. The third kappa shape index (κ3) is 7.89. The molecule has 0 atom stereocenters. The van der Waals surface area contributed by atoms with Gasteiger partial charge in [0, 0.05) is 68.5 Å². The van der Waals surface area contributed by atoms with E-state index in [1.807, 2.05) is 60.4 Å². The van der Waals surface area contributed by atoms with Gasteiger partial charge in [0.25, 0.3) is 5.91 Å². The molecule has 1 N–H and O–H groups in total. The van der Waals surface area contributed by atoms with Gasteiger partial charge in [-0.3, -0.25) is 19.2 Å². The number of hydrogen-bond donors (Lipinski definition) is 1. The van der Waals surface area contributed by atoms with Gasteiger partial charge in [-0.25, -0.2) is 8.78 Å². The molecular formula is C34H33ClF2N4O5. The Balaban J connectivity index is 0.000000455. The van der Waals surface area contributed by atoms with Crippen molar-refractivity contribution in [2.24, 2.45) is 0 Å². The lowest BCUT2D eigenvalue weighted by atomic mass is 10.1. The van der Waals surface area contributed by atoms with Crippen molar-refractivity contribution in [2.45, 2.75) is 26.3 Å². The number of aryl methyl sites for hydroxylation is 1. The van der Waals surface area contributed by atoms with Crippen LogP contribution in [0.25, 0.3) is 11.0 Å². The van der Waals surface area contributed by atoms with Gasteiger partial charge in [-0.1, -0.05) is 47.5 Å². The number of benzene rings is 3. The molecule has 0 aliphatic carbocycles. The molecule has 3 aromatic carbocycles. The maximum absolute atomic E-state index is 14.0. The molecule has 2 fully saturated rings. The number of fused-ring (bicyclic) bond motifs is 1. The maximum atomic E-state index is 14.0. The first-order valence-corrected chi connectivity index (χ1v) is 15.3. The summed E-state index contributed by atoms with van der Waals surface area (Å²) in [5, 5.41) is 2.89. The molecule has 1 aromatic heterocycles. The normalized spacial score (nSPS) is 14.7. The van der Waals surface area contributed by atoms with Crippen LogP contribution < -0.4 is 15.6 Å². The molecule has 2 aliphatic rings. The predicted octanol–water partition coefficient (Wildman–Crippen LogP) is 4.92. The highest BCUT2D eigenvalue weighted by Gasteiger charge is 2.26. The standard InChI is InChI=1S/C27H26F2N4O5.C7H7Cl/c28-18-12-19-22(34)14-23(38-26(19)20(29)13-18)27(37)30-15-25(36)32-10-8-31(9-11-32)21-5-2-1-4-17(21)16-33-7-3-6-24(33)35;1-6-2-4-7(8)5-3-6/h1-2,4-5,12-14H,3,6-11,15-16H2,(H,30,37);2-5H,1H3. The van der Waals surface area contributed by atoms with Crippen LogP contribution in [0.2, 0.25) is 5.02 Å². The van der Waals surface area contributed by atoms with E-state index in [1.165, 1.54) is 5.56 Å². The monoisotopic (exact) mass is 650 g/mol. The second-order valence-corrected chi connectivity index (χ2v) is 11.6. The number of piperazine rings is 1. The summed E-state index contributed by atoms with van der Waals surface area (Å²) < 4.78 is 32.6. The van der Waals surface area contributed by atoms with Crippen molar-refractivity contribution in [3.8, 4) is 0 Å². The second-order valence-electron chi connectivity index (χ2n) is 11.1. The quantitative estimate of drug-likeness (QED) is 0.318. The molecular weight excluding hydrogens is 618 g/mol. The summed E-state index contributed by atoms with van der Waals surface area (Å²) in [6.45, 7) is 5.07. The number of carbonyl (C=O) groups is 3. The highest BCUT2D eigenvalue weighted by molar-refractivity contribution is 6.30. The van der Waals surface area contributed by atoms with Crippen LogP contribution in [0.4, 0.5) is 14.5 Å². The average Bonchev–Trinajstić information content (AvgIpc) is 3.46. The van der Waals surface area contributed by atoms with Gasteiger partial charge in [-0.15, -0.1) is 0 Å². The Kier molecular flexibility index (Phi) is 10.3. The van der Waals surface area contributed by atoms with Gasteiger partial charge in [0.05, 0.1) is 11.9 Å². The minimum absolute atomic E-state index is 0.166. The lowest BCUT2D eigenvalue weighted by Gasteiger charge is -2.37. The van der Waals surface area contributed by atoms with Crippen molar-refractivity contribution in [1.82, 2.24) is 15.1 Å². The van der Waals surface area contributed by atoms with Gasteiger partial charge in [0.1, 0.15) is 5.82 Å². The molecule has 0 bridgehead atoms. The molecule has 0 unspecified atom stereocenters. The zero-order valence-electron chi connectivity index (χ0n) is 25.2. The van der Waals surface area contributed by atoms with Crippen molar-refractivity contribution in [3.05, 3.63) is 110 Å².